The molecule has 18 heavy (non-hydrogen) atoms. The van der Waals surface area contributed by atoms with E-state index in [4.69, 9.17) is 0 Å². The Morgan fingerprint density at radius 2 is 2.22 bits per heavy atom. The minimum Gasteiger partial charge on any atom is -0.388 e. The van der Waals surface area contributed by atoms with Crippen LogP contribution < -0.4 is 5.32 Å². The molecule has 4 heteroatoms. The van der Waals surface area contributed by atoms with E-state index in [-0.39, 0.29) is 11.3 Å². The average Bonchev–Trinajstić information content (AvgIpc) is 2.70. The van der Waals surface area contributed by atoms with Crippen LogP contribution in [0.4, 0.5) is 0 Å². The van der Waals surface area contributed by atoms with Gasteiger partial charge >= 0.3 is 0 Å². The van der Waals surface area contributed by atoms with Gasteiger partial charge in [-0.3, -0.25) is 4.79 Å². The van der Waals surface area contributed by atoms with Gasteiger partial charge in [0.2, 0.25) is 5.91 Å². The number of nitrogens with one attached hydrogen (secondary N) is 1. The maximum Gasteiger partial charge on any atom is 0.230 e. The van der Waals surface area contributed by atoms with Crippen LogP contribution in [0, 0.1) is 5.41 Å². The van der Waals surface area contributed by atoms with Gasteiger partial charge in [-0.05, 0) is 39.2 Å². The first-order chi connectivity index (χ1) is 8.49. The summed E-state index contributed by atoms with van der Waals surface area (Å²) in [6, 6.07) is 0. The molecule has 104 valence electrons. The van der Waals surface area contributed by atoms with Crippen molar-refractivity contribution in [2.45, 2.75) is 51.6 Å². The normalized spacial score (nSPS) is 36.9. The Kier molecular flexibility index (Phi) is 3.97. The van der Waals surface area contributed by atoms with Gasteiger partial charge in [-0.15, -0.1) is 0 Å². The second-order valence-electron chi connectivity index (χ2n) is 6.28. The molecule has 0 aliphatic carbocycles. The van der Waals surface area contributed by atoms with Crippen molar-refractivity contribution in [3.63, 3.8) is 0 Å². The van der Waals surface area contributed by atoms with Gasteiger partial charge in [0, 0.05) is 19.6 Å². The van der Waals surface area contributed by atoms with Gasteiger partial charge in [0.1, 0.15) is 0 Å². The summed E-state index contributed by atoms with van der Waals surface area (Å²) in [5, 5.41) is 13.4. The number of piperidine rings is 1. The van der Waals surface area contributed by atoms with Crippen molar-refractivity contribution in [2.24, 2.45) is 5.41 Å². The fourth-order valence-corrected chi connectivity index (χ4v) is 3.40. The quantitative estimate of drug-likeness (QED) is 0.794. The summed E-state index contributed by atoms with van der Waals surface area (Å²) in [5.74, 6) is 0.259. The van der Waals surface area contributed by atoms with Crippen LogP contribution in [-0.2, 0) is 4.79 Å². The first-order valence-electron chi connectivity index (χ1n) is 7.22. The van der Waals surface area contributed by atoms with Gasteiger partial charge in [-0.25, -0.2) is 0 Å². The molecule has 2 rings (SSSR count). The summed E-state index contributed by atoms with van der Waals surface area (Å²) in [6.45, 7) is 7.00. The van der Waals surface area contributed by atoms with Crippen molar-refractivity contribution in [3.05, 3.63) is 0 Å². The number of carbonyl (C=O) groups is 1. The second kappa shape index (κ2) is 5.17. The lowest BCUT2D eigenvalue weighted by molar-refractivity contribution is -0.143. The lowest BCUT2D eigenvalue weighted by Crippen LogP contribution is -2.52. The number of rotatable bonds is 3. The molecule has 0 aromatic heterocycles. The molecule has 0 aromatic rings. The minimum absolute atomic E-state index is 0.215. The van der Waals surface area contributed by atoms with E-state index in [1.54, 1.807) is 0 Å². The molecule has 0 bridgehead atoms. The molecule has 2 aliphatic heterocycles. The molecule has 0 aromatic carbocycles. The van der Waals surface area contributed by atoms with E-state index < -0.39 is 5.60 Å². The first kappa shape index (κ1) is 13.8. The van der Waals surface area contributed by atoms with Crippen LogP contribution in [0.15, 0.2) is 0 Å². The Balaban J connectivity index is 2.09. The Morgan fingerprint density at radius 1 is 1.44 bits per heavy atom. The van der Waals surface area contributed by atoms with Crippen LogP contribution in [0.1, 0.15) is 46.0 Å². The predicted octanol–water partition coefficient (Wildman–Crippen LogP) is 1.14. The Hall–Kier alpha value is -0.610. The van der Waals surface area contributed by atoms with E-state index in [1.807, 2.05) is 11.8 Å². The predicted molar refractivity (Wildman–Crippen MR) is 71.3 cm³/mol. The SMILES string of the molecule is CCCC1(C(=O)N2CCC(C)(O)C2)CCCNC1. The number of hydrogen-bond donors (Lipinski definition) is 2. The summed E-state index contributed by atoms with van der Waals surface area (Å²) < 4.78 is 0. The molecule has 2 atom stereocenters. The van der Waals surface area contributed by atoms with E-state index in [9.17, 15) is 9.90 Å². The van der Waals surface area contributed by atoms with E-state index >= 15 is 0 Å². The molecule has 0 spiro atoms. The summed E-state index contributed by atoms with van der Waals surface area (Å²) in [6.07, 6.45) is 4.77. The van der Waals surface area contributed by atoms with Crippen molar-refractivity contribution in [2.75, 3.05) is 26.2 Å². The third-order valence-corrected chi connectivity index (χ3v) is 4.39. The lowest BCUT2D eigenvalue weighted by atomic mass is 9.75. The Labute approximate surface area is 110 Å². The van der Waals surface area contributed by atoms with Crippen LogP contribution in [-0.4, -0.2) is 47.7 Å². The third-order valence-electron chi connectivity index (χ3n) is 4.39. The highest BCUT2D eigenvalue weighted by molar-refractivity contribution is 5.83. The standard InChI is InChI=1S/C14H26N2O2/c1-3-5-14(6-4-8-15-10-14)12(17)16-9-7-13(2,18)11-16/h15,18H,3-11H2,1-2H3. The summed E-state index contributed by atoms with van der Waals surface area (Å²) in [4.78, 5) is 14.7. The maximum absolute atomic E-state index is 12.8. The molecular formula is C14H26N2O2. The largest absolute Gasteiger partial charge is 0.388 e. The van der Waals surface area contributed by atoms with Crippen LogP contribution >= 0.6 is 0 Å². The highest BCUT2D eigenvalue weighted by atomic mass is 16.3. The van der Waals surface area contributed by atoms with Gasteiger partial charge < -0.3 is 15.3 Å². The monoisotopic (exact) mass is 254 g/mol. The summed E-state index contributed by atoms with van der Waals surface area (Å²) in [7, 11) is 0. The Bertz CT molecular complexity index is 303. The zero-order valence-electron chi connectivity index (χ0n) is 11.7. The van der Waals surface area contributed by atoms with Gasteiger partial charge in [0.25, 0.3) is 0 Å². The van der Waals surface area contributed by atoms with Crippen LogP contribution in [0.5, 0.6) is 0 Å². The molecule has 4 nitrogen and oxygen atoms in total. The molecule has 2 heterocycles. The van der Waals surface area contributed by atoms with Gasteiger partial charge in [0.05, 0.1) is 11.0 Å². The number of carbonyl (C=O) groups excluding carboxylic acids is 1. The van der Waals surface area contributed by atoms with Crippen molar-refractivity contribution >= 4 is 5.91 Å². The molecule has 0 radical (unpaired) electrons. The molecule has 2 aliphatic rings. The highest BCUT2D eigenvalue weighted by Crippen LogP contribution is 2.35. The van der Waals surface area contributed by atoms with Crippen molar-refractivity contribution in [1.82, 2.24) is 10.2 Å². The number of likely N-dealkylation sites (tertiary alicyclic amines) is 1. The highest BCUT2D eigenvalue weighted by Gasteiger charge is 2.44. The molecule has 2 saturated heterocycles. The summed E-state index contributed by atoms with van der Waals surface area (Å²) in [5.41, 5.74) is -0.904. The Morgan fingerprint density at radius 3 is 2.72 bits per heavy atom. The molecule has 2 N–H and O–H groups in total. The van der Waals surface area contributed by atoms with E-state index in [2.05, 4.69) is 12.2 Å². The zero-order chi connectivity index (χ0) is 13.2. The lowest BCUT2D eigenvalue weighted by Gasteiger charge is -2.39. The van der Waals surface area contributed by atoms with Crippen LogP contribution in [0.2, 0.25) is 0 Å². The molecule has 1 amide bonds. The minimum atomic E-state index is -0.689. The summed E-state index contributed by atoms with van der Waals surface area (Å²) >= 11 is 0. The van der Waals surface area contributed by atoms with E-state index in [1.165, 1.54) is 0 Å². The number of β-amino-alcohol motifs (C(OH)–C–C–N with tert-alkyl or cyclic N) is 1. The number of hydrogen-bond acceptors (Lipinski definition) is 3. The van der Waals surface area contributed by atoms with E-state index in [0.717, 1.165) is 38.8 Å². The van der Waals surface area contributed by atoms with E-state index in [0.29, 0.717) is 19.5 Å². The van der Waals surface area contributed by atoms with Crippen molar-refractivity contribution in [3.8, 4) is 0 Å². The molecule has 0 saturated carbocycles. The van der Waals surface area contributed by atoms with Gasteiger partial charge in [0.15, 0.2) is 0 Å². The number of nitrogens with zero attached hydrogens (tertiary/aromatic N) is 1. The molecular weight excluding hydrogens is 228 g/mol. The van der Waals surface area contributed by atoms with Crippen molar-refractivity contribution < 1.29 is 9.90 Å². The molecule has 2 unspecified atom stereocenters. The maximum atomic E-state index is 12.8. The smallest absolute Gasteiger partial charge is 0.230 e. The molecule has 2 fully saturated rings. The fraction of sp³-hybridized carbons (Fsp3) is 0.929. The topological polar surface area (TPSA) is 52.6 Å². The zero-order valence-corrected chi connectivity index (χ0v) is 11.7. The third kappa shape index (κ3) is 2.69. The number of aliphatic hydroxyl groups is 1. The van der Waals surface area contributed by atoms with Crippen molar-refractivity contribution in [1.29, 1.82) is 0 Å². The fourth-order valence-electron chi connectivity index (χ4n) is 3.40. The number of amides is 1. The second-order valence-corrected chi connectivity index (χ2v) is 6.28. The first-order valence-corrected chi connectivity index (χ1v) is 7.22. The van der Waals surface area contributed by atoms with Crippen LogP contribution in [0.25, 0.3) is 0 Å². The van der Waals surface area contributed by atoms with Gasteiger partial charge in [-0.1, -0.05) is 13.3 Å². The van der Waals surface area contributed by atoms with Crippen LogP contribution in [0.3, 0.4) is 0 Å². The van der Waals surface area contributed by atoms with Gasteiger partial charge in [-0.2, -0.15) is 0 Å². The average molecular weight is 254 g/mol.